The van der Waals surface area contributed by atoms with E-state index >= 15 is 0 Å². The van der Waals surface area contributed by atoms with E-state index in [-0.39, 0.29) is 11.7 Å². The Morgan fingerprint density at radius 2 is 2.00 bits per heavy atom. The standard InChI is InChI=1S/C17H19FO3/c18-14-8-16(21-15-6-9-1-2-11(15)5-9)12(10-3-4-10)7-13(14)17(19)20/h7-11,15H,1-6H2,(H,19,20)/t9-,11+,15-/m1/s1. The molecule has 0 aromatic heterocycles. The summed E-state index contributed by atoms with van der Waals surface area (Å²) in [4.78, 5) is 11.1. The molecule has 3 aliphatic carbocycles. The molecule has 3 fully saturated rings. The number of halogens is 1. The fraction of sp³-hybridized carbons (Fsp3) is 0.588. The van der Waals surface area contributed by atoms with Crippen molar-refractivity contribution in [2.24, 2.45) is 11.8 Å². The van der Waals surface area contributed by atoms with Crippen molar-refractivity contribution in [1.29, 1.82) is 0 Å². The molecule has 4 heteroatoms. The van der Waals surface area contributed by atoms with E-state index in [0.29, 0.717) is 17.6 Å². The van der Waals surface area contributed by atoms with Gasteiger partial charge in [-0.3, -0.25) is 0 Å². The Kier molecular flexibility index (Phi) is 2.95. The minimum Gasteiger partial charge on any atom is -0.490 e. The van der Waals surface area contributed by atoms with Crippen LogP contribution in [0.15, 0.2) is 12.1 Å². The summed E-state index contributed by atoms with van der Waals surface area (Å²) in [5, 5.41) is 9.07. The molecule has 4 rings (SSSR count). The predicted octanol–water partition coefficient (Wildman–Crippen LogP) is 3.97. The summed E-state index contributed by atoms with van der Waals surface area (Å²) in [6, 6.07) is 2.78. The van der Waals surface area contributed by atoms with Crippen LogP contribution in [-0.4, -0.2) is 17.2 Å². The maximum absolute atomic E-state index is 14.0. The monoisotopic (exact) mass is 290 g/mol. The Balaban J connectivity index is 1.64. The van der Waals surface area contributed by atoms with E-state index in [4.69, 9.17) is 9.84 Å². The Hall–Kier alpha value is -1.58. The van der Waals surface area contributed by atoms with Crippen LogP contribution in [-0.2, 0) is 0 Å². The second kappa shape index (κ2) is 4.72. The SMILES string of the molecule is O=C(O)c1cc(C2CC2)c(O[C@@H]2C[C@@H]3CC[C@H]2C3)cc1F. The number of benzene rings is 1. The molecule has 3 aliphatic rings. The molecular weight excluding hydrogens is 271 g/mol. The average molecular weight is 290 g/mol. The molecule has 0 heterocycles. The first-order chi connectivity index (χ1) is 10.1. The molecule has 0 unspecified atom stereocenters. The largest absolute Gasteiger partial charge is 0.490 e. The maximum Gasteiger partial charge on any atom is 0.338 e. The Bertz CT molecular complexity index is 594. The second-order valence-electron chi connectivity index (χ2n) is 6.78. The minimum atomic E-state index is -1.21. The zero-order valence-electron chi connectivity index (χ0n) is 11.8. The van der Waals surface area contributed by atoms with Gasteiger partial charge < -0.3 is 9.84 Å². The summed E-state index contributed by atoms with van der Waals surface area (Å²) in [6.45, 7) is 0. The van der Waals surface area contributed by atoms with E-state index in [2.05, 4.69) is 0 Å². The zero-order chi connectivity index (χ0) is 14.6. The minimum absolute atomic E-state index is 0.191. The molecule has 112 valence electrons. The number of hydrogen-bond donors (Lipinski definition) is 1. The van der Waals surface area contributed by atoms with E-state index in [9.17, 15) is 9.18 Å². The van der Waals surface area contributed by atoms with E-state index in [1.807, 2.05) is 0 Å². The molecule has 3 atom stereocenters. The first-order valence-corrected chi connectivity index (χ1v) is 7.85. The van der Waals surface area contributed by atoms with Crippen molar-refractivity contribution in [2.45, 2.75) is 50.5 Å². The summed E-state index contributed by atoms with van der Waals surface area (Å²) in [6.07, 6.45) is 7.08. The number of carbonyl (C=O) groups is 1. The average Bonchev–Trinajstić information content (AvgIpc) is 3.07. The normalized spacial score (nSPS) is 30.6. The van der Waals surface area contributed by atoms with Gasteiger partial charge in [-0.15, -0.1) is 0 Å². The number of hydrogen-bond acceptors (Lipinski definition) is 2. The van der Waals surface area contributed by atoms with Crippen LogP contribution in [0.5, 0.6) is 5.75 Å². The molecule has 3 nitrogen and oxygen atoms in total. The van der Waals surface area contributed by atoms with Gasteiger partial charge in [0.2, 0.25) is 0 Å². The van der Waals surface area contributed by atoms with Gasteiger partial charge in [-0.05, 0) is 67.9 Å². The van der Waals surface area contributed by atoms with Crippen LogP contribution in [0.2, 0.25) is 0 Å². The molecule has 3 saturated carbocycles. The van der Waals surface area contributed by atoms with Crippen LogP contribution in [0.1, 0.15) is 60.4 Å². The van der Waals surface area contributed by atoms with Gasteiger partial charge in [-0.25, -0.2) is 9.18 Å². The lowest BCUT2D eigenvalue weighted by molar-refractivity contribution is 0.0691. The van der Waals surface area contributed by atoms with Crippen molar-refractivity contribution in [1.82, 2.24) is 0 Å². The predicted molar refractivity (Wildman–Crippen MR) is 75.2 cm³/mol. The highest BCUT2D eigenvalue weighted by atomic mass is 19.1. The molecule has 0 spiro atoms. The smallest absolute Gasteiger partial charge is 0.338 e. The quantitative estimate of drug-likeness (QED) is 0.912. The van der Waals surface area contributed by atoms with Gasteiger partial charge in [0, 0.05) is 6.07 Å². The van der Waals surface area contributed by atoms with Crippen LogP contribution in [0.3, 0.4) is 0 Å². The van der Waals surface area contributed by atoms with Crippen molar-refractivity contribution >= 4 is 5.97 Å². The highest BCUT2D eigenvalue weighted by Gasteiger charge is 2.41. The molecule has 0 saturated heterocycles. The first-order valence-electron chi connectivity index (χ1n) is 7.85. The Morgan fingerprint density at radius 1 is 1.19 bits per heavy atom. The van der Waals surface area contributed by atoms with Gasteiger partial charge in [-0.1, -0.05) is 0 Å². The highest BCUT2D eigenvalue weighted by molar-refractivity contribution is 5.88. The van der Waals surface area contributed by atoms with E-state index in [0.717, 1.165) is 30.7 Å². The number of aromatic carboxylic acids is 1. The number of fused-ring (bicyclic) bond motifs is 2. The van der Waals surface area contributed by atoms with Crippen LogP contribution in [0.4, 0.5) is 4.39 Å². The zero-order valence-corrected chi connectivity index (χ0v) is 11.8. The van der Waals surface area contributed by atoms with Gasteiger partial charge in [-0.2, -0.15) is 0 Å². The topological polar surface area (TPSA) is 46.5 Å². The summed E-state index contributed by atoms with van der Waals surface area (Å²) in [5.41, 5.74) is 0.647. The molecule has 0 amide bonds. The fourth-order valence-electron chi connectivity index (χ4n) is 4.04. The molecule has 2 bridgehead atoms. The molecular formula is C17H19FO3. The highest BCUT2D eigenvalue weighted by Crippen LogP contribution is 2.49. The Labute approximate surface area is 123 Å². The van der Waals surface area contributed by atoms with Crippen LogP contribution >= 0.6 is 0 Å². The molecule has 21 heavy (non-hydrogen) atoms. The third-order valence-corrected chi connectivity index (χ3v) is 5.30. The lowest BCUT2D eigenvalue weighted by atomic mass is 9.97. The van der Waals surface area contributed by atoms with Gasteiger partial charge in [0.05, 0.1) is 5.56 Å². The van der Waals surface area contributed by atoms with Gasteiger partial charge in [0.15, 0.2) is 0 Å². The van der Waals surface area contributed by atoms with E-state index < -0.39 is 11.8 Å². The number of carboxylic acids is 1. The Morgan fingerprint density at radius 3 is 2.57 bits per heavy atom. The van der Waals surface area contributed by atoms with Gasteiger partial charge >= 0.3 is 5.97 Å². The number of ether oxygens (including phenoxy) is 1. The van der Waals surface area contributed by atoms with Crippen molar-refractivity contribution in [3.05, 3.63) is 29.1 Å². The third kappa shape index (κ3) is 2.30. The van der Waals surface area contributed by atoms with Gasteiger partial charge in [0.1, 0.15) is 17.7 Å². The van der Waals surface area contributed by atoms with Crippen molar-refractivity contribution in [3.8, 4) is 5.75 Å². The summed E-state index contributed by atoms with van der Waals surface area (Å²) >= 11 is 0. The summed E-state index contributed by atoms with van der Waals surface area (Å²) in [5.74, 6) is 0.401. The first kappa shape index (κ1) is 13.1. The van der Waals surface area contributed by atoms with Crippen LogP contribution in [0.25, 0.3) is 0 Å². The molecule has 0 radical (unpaired) electrons. The molecule has 1 N–H and O–H groups in total. The number of rotatable bonds is 4. The molecule has 1 aromatic carbocycles. The van der Waals surface area contributed by atoms with Crippen molar-refractivity contribution < 1.29 is 19.0 Å². The molecule has 0 aliphatic heterocycles. The lowest BCUT2D eigenvalue weighted by Crippen LogP contribution is -2.24. The third-order valence-electron chi connectivity index (χ3n) is 5.30. The summed E-state index contributed by atoms with van der Waals surface area (Å²) < 4.78 is 20.1. The van der Waals surface area contributed by atoms with Crippen molar-refractivity contribution in [3.63, 3.8) is 0 Å². The van der Waals surface area contributed by atoms with Crippen molar-refractivity contribution in [2.75, 3.05) is 0 Å². The fourth-order valence-corrected chi connectivity index (χ4v) is 4.04. The van der Waals surface area contributed by atoms with Crippen LogP contribution in [0, 0.1) is 17.7 Å². The van der Waals surface area contributed by atoms with E-state index in [1.54, 1.807) is 0 Å². The summed E-state index contributed by atoms with van der Waals surface area (Å²) in [7, 11) is 0. The maximum atomic E-state index is 14.0. The molecule has 1 aromatic rings. The van der Waals surface area contributed by atoms with E-state index in [1.165, 1.54) is 31.4 Å². The lowest BCUT2D eigenvalue weighted by Gasteiger charge is -2.24. The number of carboxylic acid groups (broad SMARTS) is 1. The second-order valence-corrected chi connectivity index (χ2v) is 6.78. The van der Waals surface area contributed by atoms with Crippen LogP contribution < -0.4 is 4.74 Å². The van der Waals surface area contributed by atoms with Gasteiger partial charge in [0.25, 0.3) is 0 Å².